The van der Waals surface area contributed by atoms with E-state index in [-0.39, 0.29) is 0 Å². The first-order valence-corrected chi connectivity index (χ1v) is 8.98. The summed E-state index contributed by atoms with van der Waals surface area (Å²) in [7, 11) is 2.28. The first kappa shape index (κ1) is 16.0. The summed E-state index contributed by atoms with van der Waals surface area (Å²) >= 11 is 1.96. The van der Waals surface area contributed by atoms with Crippen LogP contribution in [0.3, 0.4) is 0 Å². The largest absolute Gasteiger partial charge is 0.312 e. The molecule has 2 nitrogen and oxygen atoms in total. The van der Waals surface area contributed by atoms with Crippen molar-refractivity contribution in [3.63, 3.8) is 0 Å². The summed E-state index contributed by atoms with van der Waals surface area (Å²) < 4.78 is 0. The van der Waals surface area contributed by atoms with Crippen LogP contribution < -0.4 is 5.32 Å². The minimum Gasteiger partial charge on any atom is -0.312 e. The highest BCUT2D eigenvalue weighted by Gasteiger charge is 2.17. The van der Waals surface area contributed by atoms with Crippen molar-refractivity contribution in [3.05, 3.63) is 21.4 Å². The normalized spacial score (nSPS) is 16.4. The van der Waals surface area contributed by atoms with E-state index in [0.717, 1.165) is 25.6 Å². The molecule has 1 aliphatic rings. The third-order valence-electron chi connectivity index (χ3n) is 4.28. The van der Waals surface area contributed by atoms with Gasteiger partial charge in [0.05, 0.1) is 0 Å². The zero-order chi connectivity index (χ0) is 14.4. The molecule has 1 saturated carbocycles. The number of thiophene rings is 1. The predicted octanol–water partition coefficient (Wildman–Crippen LogP) is 4.18. The van der Waals surface area contributed by atoms with Crippen molar-refractivity contribution in [3.8, 4) is 0 Å². The summed E-state index contributed by atoms with van der Waals surface area (Å²) in [5.41, 5.74) is 1.53. The van der Waals surface area contributed by atoms with Gasteiger partial charge in [0.2, 0.25) is 0 Å². The van der Waals surface area contributed by atoms with Gasteiger partial charge >= 0.3 is 0 Å². The zero-order valence-corrected chi connectivity index (χ0v) is 14.2. The van der Waals surface area contributed by atoms with Crippen LogP contribution in [0, 0.1) is 12.8 Å². The van der Waals surface area contributed by atoms with Crippen LogP contribution in [0.1, 0.15) is 54.3 Å². The van der Waals surface area contributed by atoms with E-state index in [2.05, 4.69) is 37.2 Å². The molecular formula is C17H30N2S. The topological polar surface area (TPSA) is 15.3 Å². The molecule has 0 radical (unpaired) electrons. The van der Waals surface area contributed by atoms with Crippen LogP contribution in [0.4, 0.5) is 0 Å². The molecule has 0 atom stereocenters. The van der Waals surface area contributed by atoms with Crippen molar-refractivity contribution in [2.75, 3.05) is 20.1 Å². The molecule has 0 spiro atoms. The average molecular weight is 295 g/mol. The van der Waals surface area contributed by atoms with Crippen molar-refractivity contribution >= 4 is 11.3 Å². The first-order valence-electron chi connectivity index (χ1n) is 8.16. The second kappa shape index (κ2) is 8.16. The highest BCUT2D eigenvalue weighted by Crippen LogP contribution is 2.27. The Labute approximate surface area is 128 Å². The summed E-state index contributed by atoms with van der Waals surface area (Å²) in [4.78, 5) is 5.51. The summed E-state index contributed by atoms with van der Waals surface area (Å²) in [6, 6.07) is 2.41. The maximum Gasteiger partial charge on any atom is 0.0299 e. The number of hydrogen-bond acceptors (Lipinski definition) is 3. The average Bonchev–Trinajstić information content (AvgIpc) is 3.01. The van der Waals surface area contributed by atoms with Crippen LogP contribution in [0.15, 0.2) is 6.07 Å². The van der Waals surface area contributed by atoms with E-state index in [1.54, 1.807) is 0 Å². The van der Waals surface area contributed by atoms with E-state index in [1.807, 2.05) is 11.3 Å². The van der Waals surface area contributed by atoms with E-state index in [0.29, 0.717) is 0 Å². The van der Waals surface area contributed by atoms with E-state index < -0.39 is 0 Å². The maximum atomic E-state index is 3.50. The Morgan fingerprint density at radius 3 is 2.80 bits per heavy atom. The second-order valence-corrected chi connectivity index (χ2v) is 7.66. The van der Waals surface area contributed by atoms with Gasteiger partial charge in [0.1, 0.15) is 0 Å². The number of nitrogens with one attached hydrogen (secondary N) is 1. The molecule has 114 valence electrons. The Hall–Kier alpha value is -0.380. The summed E-state index contributed by atoms with van der Waals surface area (Å²) in [6.45, 7) is 9.04. The van der Waals surface area contributed by atoms with Crippen molar-refractivity contribution in [1.82, 2.24) is 10.2 Å². The van der Waals surface area contributed by atoms with Crippen LogP contribution >= 0.6 is 11.3 Å². The van der Waals surface area contributed by atoms with Gasteiger partial charge in [0.25, 0.3) is 0 Å². The molecule has 0 bridgehead atoms. The van der Waals surface area contributed by atoms with E-state index in [1.165, 1.54) is 54.0 Å². The molecule has 0 aliphatic heterocycles. The summed E-state index contributed by atoms with van der Waals surface area (Å²) in [5.74, 6) is 0.949. The molecule has 1 fully saturated rings. The highest BCUT2D eigenvalue weighted by atomic mass is 32.1. The van der Waals surface area contributed by atoms with Gasteiger partial charge in [-0.1, -0.05) is 19.8 Å². The predicted molar refractivity (Wildman–Crippen MR) is 89.3 cm³/mol. The molecule has 1 aromatic heterocycles. The number of hydrogen-bond donors (Lipinski definition) is 1. The Morgan fingerprint density at radius 2 is 2.10 bits per heavy atom. The van der Waals surface area contributed by atoms with Crippen LogP contribution in [0.5, 0.6) is 0 Å². The lowest BCUT2D eigenvalue weighted by Gasteiger charge is -2.20. The Morgan fingerprint density at radius 1 is 1.35 bits per heavy atom. The molecule has 1 aromatic rings. The molecular weight excluding hydrogens is 264 g/mol. The van der Waals surface area contributed by atoms with Crippen LogP contribution in [0.2, 0.25) is 0 Å². The lowest BCUT2D eigenvalue weighted by atomic mass is 10.1. The Balaban J connectivity index is 1.81. The highest BCUT2D eigenvalue weighted by molar-refractivity contribution is 7.12. The standard InChI is InChI=1S/C17H30N2S/c1-4-9-18-11-17-10-16(14(2)20-17)13-19(3)12-15-7-5-6-8-15/h10,15,18H,4-9,11-13H2,1-3H3. The lowest BCUT2D eigenvalue weighted by Crippen LogP contribution is -2.24. The van der Waals surface area contributed by atoms with Crippen molar-refractivity contribution in [2.24, 2.45) is 5.92 Å². The van der Waals surface area contributed by atoms with Crippen LogP contribution in [-0.2, 0) is 13.1 Å². The number of aryl methyl sites for hydroxylation is 1. The van der Waals surface area contributed by atoms with Gasteiger partial charge in [-0.2, -0.15) is 0 Å². The molecule has 2 rings (SSSR count). The van der Waals surface area contributed by atoms with Crippen LogP contribution in [-0.4, -0.2) is 25.0 Å². The van der Waals surface area contributed by atoms with Gasteiger partial charge in [0.15, 0.2) is 0 Å². The third kappa shape index (κ3) is 4.87. The molecule has 0 saturated heterocycles. The van der Waals surface area contributed by atoms with Crippen LogP contribution in [0.25, 0.3) is 0 Å². The Bertz CT molecular complexity index is 394. The minimum atomic E-state index is 0.949. The monoisotopic (exact) mass is 294 g/mol. The van der Waals surface area contributed by atoms with Crippen molar-refractivity contribution < 1.29 is 0 Å². The Kier molecular flexibility index (Phi) is 6.53. The van der Waals surface area contributed by atoms with Gasteiger partial charge in [0, 0.05) is 29.4 Å². The fraction of sp³-hybridized carbons (Fsp3) is 0.765. The first-order chi connectivity index (χ1) is 9.69. The molecule has 0 amide bonds. The molecule has 1 aliphatic carbocycles. The third-order valence-corrected chi connectivity index (χ3v) is 5.38. The maximum absolute atomic E-state index is 3.50. The molecule has 3 heteroatoms. The van der Waals surface area contributed by atoms with Gasteiger partial charge < -0.3 is 10.2 Å². The molecule has 0 aromatic carbocycles. The lowest BCUT2D eigenvalue weighted by molar-refractivity contribution is 0.271. The molecule has 0 unspecified atom stereocenters. The van der Waals surface area contributed by atoms with E-state index in [9.17, 15) is 0 Å². The summed E-state index contributed by atoms with van der Waals surface area (Å²) in [6.07, 6.45) is 6.99. The molecule has 1 heterocycles. The van der Waals surface area contributed by atoms with E-state index in [4.69, 9.17) is 0 Å². The van der Waals surface area contributed by atoms with E-state index >= 15 is 0 Å². The van der Waals surface area contributed by atoms with Gasteiger partial charge in [-0.3, -0.25) is 0 Å². The fourth-order valence-electron chi connectivity index (χ4n) is 3.21. The van der Waals surface area contributed by atoms with Crippen molar-refractivity contribution in [1.29, 1.82) is 0 Å². The second-order valence-electron chi connectivity index (χ2n) is 6.32. The molecule has 1 N–H and O–H groups in total. The zero-order valence-electron chi connectivity index (χ0n) is 13.4. The number of rotatable bonds is 8. The summed E-state index contributed by atoms with van der Waals surface area (Å²) in [5, 5.41) is 3.50. The van der Waals surface area contributed by atoms with Gasteiger partial charge in [-0.25, -0.2) is 0 Å². The van der Waals surface area contributed by atoms with Gasteiger partial charge in [-0.15, -0.1) is 11.3 Å². The smallest absolute Gasteiger partial charge is 0.0299 e. The quantitative estimate of drug-likeness (QED) is 0.724. The fourth-order valence-corrected chi connectivity index (χ4v) is 4.23. The SMILES string of the molecule is CCCNCc1cc(CN(C)CC2CCCC2)c(C)s1. The number of nitrogens with zero attached hydrogens (tertiary/aromatic N) is 1. The minimum absolute atomic E-state index is 0.949. The molecule has 20 heavy (non-hydrogen) atoms. The van der Waals surface area contributed by atoms with Gasteiger partial charge in [-0.05, 0) is 57.3 Å². The van der Waals surface area contributed by atoms with Crippen molar-refractivity contribution in [2.45, 2.75) is 59.0 Å².